The Balaban J connectivity index is 1.54. The van der Waals surface area contributed by atoms with Crippen molar-refractivity contribution in [2.24, 2.45) is 0 Å². The summed E-state index contributed by atoms with van der Waals surface area (Å²) in [5.74, 6) is 0.0669. The molecule has 3 nitrogen and oxygen atoms in total. The van der Waals surface area contributed by atoms with Crippen LogP contribution in [0.4, 0.5) is 0 Å². The Kier molecular flexibility index (Phi) is 4.84. The lowest BCUT2D eigenvalue weighted by molar-refractivity contribution is -0.120. The highest BCUT2D eigenvalue weighted by molar-refractivity contribution is 6.31. The van der Waals surface area contributed by atoms with Gasteiger partial charge in [0.1, 0.15) is 0 Å². The SMILES string of the molecule is O=C(Cc1c[nH]c2ccc(Cl)cc12)NCCC1=CCCCC1. The van der Waals surface area contributed by atoms with Crippen LogP contribution in [0.1, 0.15) is 37.7 Å². The first-order valence-electron chi connectivity index (χ1n) is 7.92. The number of benzene rings is 1. The van der Waals surface area contributed by atoms with E-state index in [1.807, 2.05) is 24.4 Å². The van der Waals surface area contributed by atoms with Crippen molar-refractivity contribution in [1.29, 1.82) is 0 Å². The standard InChI is InChI=1S/C18H21ClN2O/c19-15-6-7-17-16(11-15)14(12-21-17)10-18(22)20-9-8-13-4-2-1-3-5-13/h4,6-7,11-12,21H,1-3,5,8-10H2,(H,20,22). The minimum atomic E-state index is 0.0669. The second-order valence-corrected chi connectivity index (χ2v) is 6.33. The van der Waals surface area contributed by atoms with Crippen LogP contribution >= 0.6 is 11.6 Å². The van der Waals surface area contributed by atoms with Crippen LogP contribution in [-0.2, 0) is 11.2 Å². The maximum Gasteiger partial charge on any atom is 0.224 e. The van der Waals surface area contributed by atoms with Gasteiger partial charge in [-0.3, -0.25) is 4.79 Å². The lowest BCUT2D eigenvalue weighted by atomic mass is 9.97. The summed E-state index contributed by atoms with van der Waals surface area (Å²) >= 11 is 6.03. The zero-order valence-corrected chi connectivity index (χ0v) is 13.4. The number of nitrogens with one attached hydrogen (secondary N) is 2. The lowest BCUT2D eigenvalue weighted by Gasteiger charge is -2.12. The molecule has 2 N–H and O–H groups in total. The van der Waals surface area contributed by atoms with Gasteiger partial charge < -0.3 is 10.3 Å². The molecule has 0 radical (unpaired) electrons. The first kappa shape index (κ1) is 15.2. The molecule has 0 spiro atoms. The van der Waals surface area contributed by atoms with Gasteiger partial charge >= 0.3 is 0 Å². The first-order chi connectivity index (χ1) is 10.7. The van der Waals surface area contributed by atoms with Crippen LogP contribution in [0.25, 0.3) is 10.9 Å². The van der Waals surface area contributed by atoms with Gasteiger partial charge in [-0.05, 0) is 55.9 Å². The smallest absolute Gasteiger partial charge is 0.224 e. The number of H-pyrrole nitrogens is 1. The van der Waals surface area contributed by atoms with Crippen molar-refractivity contribution in [2.75, 3.05) is 6.54 Å². The van der Waals surface area contributed by atoms with Gasteiger partial charge in [-0.25, -0.2) is 0 Å². The number of halogens is 1. The third kappa shape index (κ3) is 3.72. The van der Waals surface area contributed by atoms with Crippen LogP contribution in [0.2, 0.25) is 5.02 Å². The fourth-order valence-corrected chi connectivity index (χ4v) is 3.20. The average molecular weight is 317 g/mol. The third-order valence-corrected chi connectivity index (χ3v) is 4.47. The first-order valence-corrected chi connectivity index (χ1v) is 8.30. The number of hydrogen-bond donors (Lipinski definition) is 2. The van der Waals surface area contributed by atoms with E-state index in [1.54, 1.807) is 0 Å². The summed E-state index contributed by atoms with van der Waals surface area (Å²) in [6.07, 6.45) is 10.6. The van der Waals surface area contributed by atoms with Crippen molar-refractivity contribution < 1.29 is 4.79 Å². The topological polar surface area (TPSA) is 44.9 Å². The Labute approximate surface area is 135 Å². The molecule has 1 aliphatic carbocycles. The third-order valence-electron chi connectivity index (χ3n) is 4.23. The Morgan fingerprint density at radius 2 is 2.23 bits per heavy atom. The summed E-state index contributed by atoms with van der Waals surface area (Å²) in [6.45, 7) is 0.730. The summed E-state index contributed by atoms with van der Waals surface area (Å²) in [6, 6.07) is 5.69. The Bertz CT molecular complexity index is 702. The molecule has 0 atom stereocenters. The number of amides is 1. The second kappa shape index (κ2) is 7.01. The Morgan fingerprint density at radius 3 is 3.05 bits per heavy atom. The largest absolute Gasteiger partial charge is 0.361 e. The fraction of sp³-hybridized carbons (Fsp3) is 0.389. The summed E-state index contributed by atoms with van der Waals surface area (Å²) in [5, 5.41) is 4.74. The molecule has 0 unspecified atom stereocenters. The minimum absolute atomic E-state index is 0.0669. The van der Waals surface area contributed by atoms with Crippen LogP contribution in [0.5, 0.6) is 0 Å². The monoisotopic (exact) mass is 316 g/mol. The highest BCUT2D eigenvalue weighted by Gasteiger charge is 2.10. The van der Waals surface area contributed by atoms with Gasteiger partial charge in [0.2, 0.25) is 5.91 Å². The molecule has 1 aliphatic rings. The van der Waals surface area contributed by atoms with Gasteiger partial charge in [0.25, 0.3) is 0 Å². The van der Waals surface area contributed by atoms with E-state index in [9.17, 15) is 4.79 Å². The van der Waals surface area contributed by atoms with E-state index < -0.39 is 0 Å². The van der Waals surface area contributed by atoms with E-state index >= 15 is 0 Å². The Morgan fingerprint density at radius 1 is 1.32 bits per heavy atom. The molecule has 22 heavy (non-hydrogen) atoms. The zero-order valence-electron chi connectivity index (χ0n) is 12.6. The van der Waals surface area contributed by atoms with Crippen LogP contribution in [-0.4, -0.2) is 17.4 Å². The molecular weight excluding hydrogens is 296 g/mol. The number of allylic oxidation sites excluding steroid dienone is 1. The molecule has 2 aromatic rings. The summed E-state index contributed by atoms with van der Waals surface area (Å²) in [4.78, 5) is 15.3. The van der Waals surface area contributed by atoms with Gasteiger partial charge in [-0.1, -0.05) is 23.3 Å². The van der Waals surface area contributed by atoms with Crippen molar-refractivity contribution >= 4 is 28.4 Å². The molecular formula is C18H21ClN2O. The summed E-state index contributed by atoms with van der Waals surface area (Å²) < 4.78 is 0. The summed E-state index contributed by atoms with van der Waals surface area (Å²) in [7, 11) is 0. The molecule has 0 saturated carbocycles. The lowest BCUT2D eigenvalue weighted by Crippen LogP contribution is -2.26. The molecule has 0 aliphatic heterocycles. The van der Waals surface area contributed by atoms with Gasteiger partial charge in [-0.2, -0.15) is 0 Å². The van der Waals surface area contributed by atoms with E-state index in [2.05, 4.69) is 16.4 Å². The number of aromatic nitrogens is 1. The molecule has 0 bridgehead atoms. The van der Waals surface area contributed by atoms with E-state index in [0.29, 0.717) is 11.4 Å². The van der Waals surface area contributed by atoms with E-state index in [0.717, 1.165) is 29.4 Å². The van der Waals surface area contributed by atoms with Crippen LogP contribution in [0.15, 0.2) is 36.0 Å². The van der Waals surface area contributed by atoms with Crippen molar-refractivity contribution in [2.45, 2.75) is 38.5 Å². The molecule has 0 saturated heterocycles. The Hall–Kier alpha value is -1.74. The van der Waals surface area contributed by atoms with E-state index in [4.69, 9.17) is 11.6 Å². The minimum Gasteiger partial charge on any atom is -0.361 e. The van der Waals surface area contributed by atoms with Gasteiger partial charge in [0.05, 0.1) is 6.42 Å². The number of hydrogen-bond acceptors (Lipinski definition) is 1. The molecule has 1 aromatic carbocycles. The molecule has 1 heterocycles. The summed E-state index contributed by atoms with van der Waals surface area (Å²) in [5.41, 5.74) is 3.50. The molecule has 0 fully saturated rings. The number of fused-ring (bicyclic) bond motifs is 1. The predicted molar refractivity (Wildman–Crippen MR) is 91.2 cm³/mol. The molecule has 1 amide bonds. The highest BCUT2D eigenvalue weighted by Crippen LogP contribution is 2.23. The predicted octanol–water partition coefficient (Wildman–Crippen LogP) is 4.37. The molecule has 4 heteroatoms. The van der Waals surface area contributed by atoms with Crippen LogP contribution < -0.4 is 5.32 Å². The fourth-order valence-electron chi connectivity index (χ4n) is 3.03. The van der Waals surface area contributed by atoms with Crippen molar-refractivity contribution in [3.8, 4) is 0 Å². The average Bonchev–Trinajstić information content (AvgIpc) is 2.90. The maximum atomic E-state index is 12.1. The van der Waals surface area contributed by atoms with Crippen LogP contribution in [0.3, 0.4) is 0 Å². The molecule has 1 aromatic heterocycles. The van der Waals surface area contributed by atoms with Gasteiger partial charge in [0.15, 0.2) is 0 Å². The number of carbonyl (C=O) groups excluding carboxylic acids is 1. The molecule has 116 valence electrons. The van der Waals surface area contributed by atoms with E-state index in [1.165, 1.54) is 31.3 Å². The van der Waals surface area contributed by atoms with Crippen molar-refractivity contribution in [3.63, 3.8) is 0 Å². The van der Waals surface area contributed by atoms with Crippen molar-refractivity contribution in [3.05, 3.63) is 46.6 Å². The normalized spacial score (nSPS) is 14.9. The molecule has 3 rings (SSSR count). The number of aromatic amines is 1. The number of carbonyl (C=O) groups is 1. The maximum absolute atomic E-state index is 12.1. The van der Waals surface area contributed by atoms with Gasteiger partial charge in [-0.15, -0.1) is 0 Å². The van der Waals surface area contributed by atoms with E-state index in [-0.39, 0.29) is 5.91 Å². The second-order valence-electron chi connectivity index (χ2n) is 5.89. The number of rotatable bonds is 5. The van der Waals surface area contributed by atoms with Crippen LogP contribution in [0, 0.1) is 0 Å². The van der Waals surface area contributed by atoms with Gasteiger partial charge in [0, 0.05) is 28.7 Å². The quantitative estimate of drug-likeness (QED) is 0.790. The highest BCUT2D eigenvalue weighted by atomic mass is 35.5. The van der Waals surface area contributed by atoms with Crippen molar-refractivity contribution in [1.82, 2.24) is 10.3 Å². The zero-order chi connectivity index (χ0) is 15.4.